The first kappa shape index (κ1) is 51.8. The van der Waals surface area contributed by atoms with Crippen molar-refractivity contribution in [3.05, 3.63) is 58.5 Å². The van der Waals surface area contributed by atoms with Crippen molar-refractivity contribution in [2.24, 2.45) is 26.6 Å². The number of halogens is 1. The van der Waals surface area contributed by atoms with E-state index in [0.29, 0.717) is 17.8 Å². The number of aliphatic hydroxyl groups is 2. The molecule has 0 aliphatic heterocycles. The zero-order valence-corrected chi connectivity index (χ0v) is 29.2. The number of alkyl halides is 1. The van der Waals surface area contributed by atoms with Gasteiger partial charge in [0, 0.05) is 43.2 Å². The molecule has 0 aliphatic rings. The van der Waals surface area contributed by atoms with Gasteiger partial charge in [-0.25, -0.2) is 17.8 Å². The number of hydrogen-bond acceptors (Lipinski definition) is 8. The lowest BCUT2D eigenvalue weighted by atomic mass is 10.0. The van der Waals surface area contributed by atoms with Crippen LogP contribution in [-0.2, 0) is 9.84 Å². The lowest BCUT2D eigenvalue weighted by Crippen LogP contribution is -2.09. The second-order valence-corrected chi connectivity index (χ2v) is 10.00. The molecule has 248 valence electrons. The summed E-state index contributed by atoms with van der Waals surface area (Å²) < 4.78 is 35.8. The van der Waals surface area contributed by atoms with Gasteiger partial charge in [-0.05, 0) is 71.0 Å². The van der Waals surface area contributed by atoms with Crippen molar-refractivity contribution in [2.75, 3.05) is 26.6 Å². The van der Waals surface area contributed by atoms with Gasteiger partial charge in [-0.3, -0.25) is 9.98 Å². The van der Waals surface area contributed by atoms with Crippen molar-refractivity contribution in [2.45, 2.75) is 88.3 Å². The van der Waals surface area contributed by atoms with E-state index in [1.165, 1.54) is 38.6 Å². The van der Waals surface area contributed by atoms with Crippen LogP contribution in [0.15, 0.2) is 73.4 Å². The smallest absolute Gasteiger partial charge is 0.171 e. The number of allylic oxidation sites excluding steroid dienone is 6. The van der Waals surface area contributed by atoms with Crippen LogP contribution in [-0.4, -0.2) is 71.2 Å². The maximum atomic E-state index is 13.4. The summed E-state index contributed by atoms with van der Waals surface area (Å²) in [7, 11) is -2.24. The number of nitrogens with one attached hydrogen (secondary N) is 1. The fourth-order valence-corrected chi connectivity index (χ4v) is 2.33. The second kappa shape index (κ2) is 40.2. The molecule has 0 amide bonds. The normalized spacial score (nSPS) is 13.2. The molecule has 2 unspecified atom stereocenters. The molecular formula is C31H62FN5O4S. The number of rotatable bonds is 13. The van der Waals surface area contributed by atoms with Gasteiger partial charge in [0.25, 0.3) is 0 Å². The van der Waals surface area contributed by atoms with Crippen molar-refractivity contribution in [1.29, 1.82) is 0 Å². The highest BCUT2D eigenvalue weighted by Crippen LogP contribution is 2.18. The Morgan fingerprint density at radius 1 is 1.07 bits per heavy atom. The molecular weight excluding hydrogens is 557 g/mol. The molecule has 9 nitrogen and oxygen atoms in total. The molecule has 0 spiro atoms. The van der Waals surface area contributed by atoms with Gasteiger partial charge in [0.15, 0.2) is 9.84 Å². The van der Waals surface area contributed by atoms with Crippen molar-refractivity contribution >= 4 is 29.6 Å². The molecule has 0 aromatic heterocycles. The van der Waals surface area contributed by atoms with Gasteiger partial charge in [0.2, 0.25) is 0 Å². The monoisotopic (exact) mass is 619 g/mol. The van der Waals surface area contributed by atoms with E-state index in [-0.39, 0.29) is 17.4 Å². The Morgan fingerprint density at radius 2 is 1.60 bits per heavy atom. The molecule has 0 aromatic rings. The lowest BCUT2D eigenvalue weighted by molar-refractivity contribution is 0.255. The molecule has 0 fully saturated rings. The largest absolute Gasteiger partial charge is 0.400 e. The molecule has 2 atom stereocenters. The van der Waals surface area contributed by atoms with Gasteiger partial charge in [0.05, 0.1) is 6.34 Å². The summed E-state index contributed by atoms with van der Waals surface area (Å²) in [5.41, 5.74) is 7.16. The van der Waals surface area contributed by atoms with Gasteiger partial charge in [0.1, 0.15) is 12.8 Å². The van der Waals surface area contributed by atoms with Crippen molar-refractivity contribution < 1.29 is 23.0 Å². The highest BCUT2D eigenvalue weighted by atomic mass is 32.2. The third-order valence-electron chi connectivity index (χ3n) is 4.57. The third-order valence-corrected chi connectivity index (χ3v) is 5.88. The van der Waals surface area contributed by atoms with Gasteiger partial charge >= 0.3 is 0 Å². The Hall–Kier alpha value is -2.89. The van der Waals surface area contributed by atoms with E-state index >= 15 is 0 Å². The first-order valence-corrected chi connectivity index (χ1v) is 15.8. The topological polar surface area (TPSA) is 150 Å². The number of unbranched alkanes of at least 4 members (excludes halogenated alkanes) is 1. The Labute approximate surface area is 257 Å². The first-order chi connectivity index (χ1) is 19.8. The predicted molar refractivity (Wildman–Crippen MR) is 186 cm³/mol. The maximum Gasteiger partial charge on any atom is 0.171 e. The molecule has 0 bridgehead atoms. The Kier molecular flexibility index (Phi) is 49.7. The van der Waals surface area contributed by atoms with Crippen LogP contribution in [0.25, 0.3) is 0 Å². The highest BCUT2D eigenvalue weighted by molar-refractivity contribution is 7.94. The zero-order chi connectivity index (χ0) is 34.6. The molecule has 0 saturated carbocycles. The van der Waals surface area contributed by atoms with E-state index in [9.17, 15) is 12.8 Å². The summed E-state index contributed by atoms with van der Waals surface area (Å²) in [5, 5.41) is 18.7. The number of sulfone groups is 1. The average Bonchev–Trinajstić information content (AvgIpc) is 2.99. The van der Waals surface area contributed by atoms with Crippen LogP contribution in [0.2, 0.25) is 0 Å². The van der Waals surface area contributed by atoms with E-state index in [0.717, 1.165) is 31.7 Å². The minimum absolute atomic E-state index is 0.177. The molecule has 0 radical (unpaired) electrons. The molecule has 42 heavy (non-hydrogen) atoms. The summed E-state index contributed by atoms with van der Waals surface area (Å²) in [6, 6.07) is 0. The second-order valence-electron chi connectivity index (χ2n) is 7.81. The minimum Gasteiger partial charge on any atom is -0.400 e. The zero-order valence-electron chi connectivity index (χ0n) is 28.4. The Bertz CT molecular complexity index is 908. The lowest BCUT2D eigenvalue weighted by Gasteiger charge is -2.07. The van der Waals surface area contributed by atoms with Gasteiger partial charge in [-0.15, -0.1) is 0 Å². The summed E-state index contributed by atoms with van der Waals surface area (Å²) >= 11 is 0. The van der Waals surface area contributed by atoms with Gasteiger partial charge in [-0.2, -0.15) is 0 Å². The molecule has 0 aromatic carbocycles. The van der Waals surface area contributed by atoms with Crippen molar-refractivity contribution in [3.63, 3.8) is 0 Å². The van der Waals surface area contributed by atoms with Crippen LogP contribution in [0.4, 0.5) is 4.39 Å². The van der Waals surface area contributed by atoms with Crippen molar-refractivity contribution in [3.8, 4) is 0 Å². The number of nitrogens with zero attached hydrogens (tertiary/aromatic N) is 3. The molecule has 0 saturated heterocycles. The van der Waals surface area contributed by atoms with E-state index in [1.807, 2.05) is 53.8 Å². The Morgan fingerprint density at radius 3 is 1.95 bits per heavy atom. The summed E-state index contributed by atoms with van der Waals surface area (Å²) in [4.78, 5) is 11.0. The van der Waals surface area contributed by atoms with E-state index < -0.39 is 16.0 Å². The molecule has 11 heteroatoms. The fraction of sp³-hybridized carbons (Fsp3) is 0.581. The van der Waals surface area contributed by atoms with E-state index in [4.69, 9.17) is 15.9 Å². The van der Waals surface area contributed by atoms with Crippen LogP contribution >= 0.6 is 0 Å². The summed E-state index contributed by atoms with van der Waals surface area (Å²) in [5.74, 6) is 0.215. The van der Waals surface area contributed by atoms with Crippen molar-refractivity contribution in [1.82, 2.24) is 5.32 Å². The summed E-state index contributed by atoms with van der Waals surface area (Å²) in [6.07, 6.45) is 13.1. The average molecular weight is 620 g/mol. The van der Waals surface area contributed by atoms with Crippen LogP contribution in [0, 0.1) is 5.92 Å². The van der Waals surface area contributed by atoms with Crippen LogP contribution in [0.3, 0.4) is 0 Å². The predicted octanol–water partition coefficient (Wildman–Crippen LogP) is 6.54. The minimum atomic E-state index is -3.24. The molecule has 5 N–H and O–H groups in total. The highest BCUT2D eigenvalue weighted by Gasteiger charge is 2.09. The first-order valence-electron chi connectivity index (χ1n) is 14.0. The maximum absolute atomic E-state index is 13.4. The fourth-order valence-electron chi connectivity index (χ4n) is 2.01. The van der Waals surface area contributed by atoms with Gasteiger partial charge in [-0.1, -0.05) is 65.7 Å². The number of nitrogens with two attached hydrogens (primary N) is 1. The van der Waals surface area contributed by atoms with Crippen LogP contribution < -0.4 is 11.1 Å². The van der Waals surface area contributed by atoms with Gasteiger partial charge < -0.3 is 21.3 Å². The SMILES string of the molecule is C=N/C=C/CCC.C=NCN/C=C(\C)C(C)CO.CC.CC.CC(=C\N=CN)/C(=C/C=C(\C)S(C)(=O)=O)C(C)F.CO. The number of aliphatic imine (C=N–C) groups is 3. The molecule has 0 heterocycles. The number of hydrogen-bond donors (Lipinski definition) is 4. The Balaban J connectivity index is -0.000000115. The van der Waals surface area contributed by atoms with E-state index in [1.54, 1.807) is 13.1 Å². The molecule has 0 aliphatic carbocycles. The van der Waals surface area contributed by atoms with Crippen LogP contribution in [0.1, 0.15) is 82.1 Å². The molecule has 0 rings (SSSR count). The quantitative estimate of drug-likeness (QED) is 0.0796. The third kappa shape index (κ3) is 39.3. The number of aliphatic hydroxyl groups excluding tert-OH is 2. The van der Waals surface area contributed by atoms with E-state index in [2.05, 4.69) is 40.7 Å². The standard InChI is InChI=1S/C12H19FN2O2S.C8H16N2O.C6H11N.2C2H6.CH4O/c1-9(7-15-8-14)12(11(3)13)6-5-10(2)18(4,16)17;1-7(8(2)5-11)4-10-6-9-3;1-3-4-5-6-7-2;3*1-2/h5-8,11H,1-4H3,(H2,14,15);4,8,10-11H,3,5-6H2,1-2H3;5-6H,2-4H2,1H3;2*1-2H3;2H,1H3/b9-7+,10-5+,12-6-;7-4+;6-5+;;;. The van der Waals surface area contributed by atoms with Crippen LogP contribution in [0.5, 0.6) is 0 Å². The summed E-state index contributed by atoms with van der Waals surface area (Å²) in [6.45, 7) is 25.9.